The second-order valence-corrected chi connectivity index (χ2v) is 3.83. The van der Waals surface area contributed by atoms with Gasteiger partial charge in [0.15, 0.2) is 11.6 Å². The lowest BCUT2D eigenvalue weighted by Crippen LogP contribution is -2.00. The van der Waals surface area contributed by atoms with Crippen molar-refractivity contribution in [1.29, 1.82) is 5.26 Å². The van der Waals surface area contributed by atoms with Crippen molar-refractivity contribution >= 4 is 0 Å². The normalized spacial score (nSPS) is 11.9. The van der Waals surface area contributed by atoms with Crippen LogP contribution in [-0.4, -0.2) is 11.7 Å². The van der Waals surface area contributed by atoms with Crippen molar-refractivity contribution in [3.05, 3.63) is 29.6 Å². The summed E-state index contributed by atoms with van der Waals surface area (Å²) in [6.07, 6.45) is 1.29. The van der Waals surface area contributed by atoms with Crippen LogP contribution in [-0.2, 0) is 0 Å². The molecule has 1 N–H and O–H groups in total. The summed E-state index contributed by atoms with van der Waals surface area (Å²) >= 11 is 0. The van der Waals surface area contributed by atoms with Crippen LogP contribution in [0.15, 0.2) is 18.2 Å². The van der Waals surface area contributed by atoms with Gasteiger partial charge in [0.25, 0.3) is 0 Å². The Hall–Kier alpha value is -1.60. The van der Waals surface area contributed by atoms with Gasteiger partial charge in [-0.15, -0.1) is 0 Å². The minimum atomic E-state index is -0.686. The summed E-state index contributed by atoms with van der Waals surface area (Å²) in [6, 6.07) is 6.47. The molecule has 4 heteroatoms. The molecule has 92 valence electrons. The third-order valence-corrected chi connectivity index (χ3v) is 2.38. The first-order valence-corrected chi connectivity index (χ1v) is 5.62. The third-order valence-electron chi connectivity index (χ3n) is 2.38. The summed E-state index contributed by atoms with van der Waals surface area (Å²) in [5, 5.41) is 17.6. The molecule has 1 atom stereocenters. The molecule has 0 aromatic heterocycles. The summed E-state index contributed by atoms with van der Waals surface area (Å²) in [6.45, 7) is 1.98. The summed E-state index contributed by atoms with van der Waals surface area (Å²) in [4.78, 5) is 0. The Morgan fingerprint density at radius 3 is 2.82 bits per heavy atom. The maximum Gasteiger partial charge on any atom is 0.165 e. The second-order valence-electron chi connectivity index (χ2n) is 3.83. The number of nitriles is 1. The highest BCUT2D eigenvalue weighted by Gasteiger charge is 2.07. The number of rotatable bonds is 6. The number of nitrogens with zero attached hydrogens (tertiary/aromatic N) is 1. The van der Waals surface area contributed by atoms with Crippen LogP contribution in [0.5, 0.6) is 5.75 Å². The predicted molar refractivity (Wildman–Crippen MR) is 62.0 cm³/mol. The van der Waals surface area contributed by atoms with Gasteiger partial charge in [0.05, 0.1) is 18.8 Å². The van der Waals surface area contributed by atoms with E-state index in [4.69, 9.17) is 10.00 Å². The standard InChI is InChI=1S/C13H16FNO2/c1-10(16)11-5-6-13(12(14)9-11)17-8-4-2-3-7-15/h5-6,9-10,16H,2-4,8H2,1H3. The van der Waals surface area contributed by atoms with Crippen LogP contribution < -0.4 is 4.74 Å². The minimum absolute atomic E-state index is 0.186. The molecule has 0 aliphatic rings. The molecule has 1 aromatic carbocycles. The number of ether oxygens (including phenoxy) is 1. The van der Waals surface area contributed by atoms with Gasteiger partial charge in [0, 0.05) is 6.42 Å². The van der Waals surface area contributed by atoms with Gasteiger partial charge in [-0.1, -0.05) is 6.07 Å². The van der Waals surface area contributed by atoms with Crippen molar-refractivity contribution in [3.8, 4) is 11.8 Å². The van der Waals surface area contributed by atoms with Crippen LogP contribution in [0.2, 0.25) is 0 Å². The van der Waals surface area contributed by atoms with Crippen molar-refractivity contribution in [2.45, 2.75) is 32.3 Å². The second kappa shape index (κ2) is 6.87. The average molecular weight is 237 g/mol. The van der Waals surface area contributed by atoms with E-state index in [1.165, 1.54) is 12.1 Å². The zero-order chi connectivity index (χ0) is 12.7. The minimum Gasteiger partial charge on any atom is -0.491 e. The largest absolute Gasteiger partial charge is 0.491 e. The number of hydrogen-bond acceptors (Lipinski definition) is 3. The first kappa shape index (κ1) is 13.5. The molecule has 1 aromatic rings. The topological polar surface area (TPSA) is 53.2 Å². The molecular formula is C13H16FNO2. The lowest BCUT2D eigenvalue weighted by Gasteiger charge is -2.09. The molecule has 0 bridgehead atoms. The smallest absolute Gasteiger partial charge is 0.165 e. The van der Waals surface area contributed by atoms with Gasteiger partial charge >= 0.3 is 0 Å². The number of aliphatic hydroxyl groups excluding tert-OH is 1. The van der Waals surface area contributed by atoms with Crippen LogP contribution in [0.1, 0.15) is 37.9 Å². The van der Waals surface area contributed by atoms with E-state index in [2.05, 4.69) is 0 Å². The van der Waals surface area contributed by atoms with Gasteiger partial charge in [-0.25, -0.2) is 4.39 Å². The highest BCUT2D eigenvalue weighted by molar-refractivity contribution is 5.30. The lowest BCUT2D eigenvalue weighted by atomic mass is 10.1. The van der Waals surface area contributed by atoms with E-state index >= 15 is 0 Å². The maximum atomic E-state index is 13.5. The van der Waals surface area contributed by atoms with Crippen LogP contribution in [0.4, 0.5) is 4.39 Å². The van der Waals surface area contributed by atoms with Gasteiger partial charge in [0.1, 0.15) is 0 Å². The predicted octanol–water partition coefficient (Wildman–Crippen LogP) is 2.95. The molecule has 0 aliphatic carbocycles. The molecule has 1 unspecified atom stereocenters. The fraction of sp³-hybridized carbons (Fsp3) is 0.462. The Morgan fingerprint density at radius 1 is 1.47 bits per heavy atom. The van der Waals surface area contributed by atoms with Crippen molar-refractivity contribution < 1.29 is 14.2 Å². The van der Waals surface area contributed by atoms with Gasteiger partial charge in [-0.05, 0) is 37.5 Å². The van der Waals surface area contributed by atoms with E-state index in [0.717, 1.165) is 12.8 Å². The molecule has 0 aliphatic heterocycles. The van der Waals surface area contributed by atoms with E-state index in [1.807, 2.05) is 6.07 Å². The summed E-state index contributed by atoms with van der Waals surface area (Å²) < 4.78 is 18.7. The fourth-order valence-corrected chi connectivity index (χ4v) is 1.38. The third kappa shape index (κ3) is 4.41. The highest BCUT2D eigenvalue weighted by atomic mass is 19.1. The van der Waals surface area contributed by atoms with E-state index in [1.54, 1.807) is 13.0 Å². The first-order chi connectivity index (χ1) is 8.15. The Bertz CT molecular complexity index is 399. The molecule has 0 saturated carbocycles. The number of hydrogen-bond donors (Lipinski definition) is 1. The van der Waals surface area contributed by atoms with Gasteiger partial charge in [-0.3, -0.25) is 0 Å². The summed E-state index contributed by atoms with van der Waals surface area (Å²) in [5.41, 5.74) is 0.527. The van der Waals surface area contributed by atoms with Gasteiger partial charge < -0.3 is 9.84 Å². The number of aliphatic hydroxyl groups is 1. The molecule has 0 radical (unpaired) electrons. The number of benzene rings is 1. The molecule has 3 nitrogen and oxygen atoms in total. The number of unbranched alkanes of at least 4 members (excludes halogenated alkanes) is 2. The molecule has 0 fully saturated rings. The summed E-state index contributed by atoms with van der Waals surface area (Å²) in [7, 11) is 0. The molecule has 0 heterocycles. The van der Waals surface area contributed by atoms with E-state index in [-0.39, 0.29) is 5.75 Å². The lowest BCUT2D eigenvalue weighted by molar-refractivity contribution is 0.198. The van der Waals surface area contributed by atoms with Crippen LogP contribution in [0, 0.1) is 17.1 Å². The van der Waals surface area contributed by atoms with Gasteiger partial charge in [0.2, 0.25) is 0 Å². The van der Waals surface area contributed by atoms with Crippen LogP contribution >= 0.6 is 0 Å². The zero-order valence-electron chi connectivity index (χ0n) is 9.82. The van der Waals surface area contributed by atoms with Crippen LogP contribution in [0.3, 0.4) is 0 Å². The molecule has 17 heavy (non-hydrogen) atoms. The van der Waals surface area contributed by atoms with Crippen molar-refractivity contribution in [3.63, 3.8) is 0 Å². The SMILES string of the molecule is CC(O)c1ccc(OCCCCC#N)c(F)c1. The molecule has 0 saturated heterocycles. The Morgan fingerprint density at radius 2 is 2.24 bits per heavy atom. The Balaban J connectivity index is 2.47. The molecule has 0 amide bonds. The average Bonchev–Trinajstić information content (AvgIpc) is 2.30. The quantitative estimate of drug-likeness (QED) is 0.774. The molecule has 1 rings (SSSR count). The fourth-order valence-electron chi connectivity index (χ4n) is 1.38. The first-order valence-electron chi connectivity index (χ1n) is 5.62. The molecule has 0 spiro atoms. The zero-order valence-corrected chi connectivity index (χ0v) is 9.82. The van der Waals surface area contributed by atoms with Crippen molar-refractivity contribution in [2.24, 2.45) is 0 Å². The highest BCUT2D eigenvalue weighted by Crippen LogP contribution is 2.22. The monoisotopic (exact) mass is 237 g/mol. The van der Waals surface area contributed by atoms with Gasteiger partial charge in [-0.2, -0.15) is 5.26 Å². The van der Waals surface area contributed by atoms with Crippen molar-refractivity contribution in [1.82, 2.24) is 0 Å². The van der Waals surface area contributed by atoms with E-state index < -0.39 is 11.9 Å². The summed E-state index contributed by atoms with van der Waals surface area (Å²) in [5.74, 6) is -0.282. The Kier molecular flexibility index (Phi) is 5.44. The maximum absolute atomic E-state index is 13.5. The molecular weight excluding hydrogens is 221 g/mol. The van der Waals surface area contributed by atoms with E-state index in [0.29, 0.717) is 18.6 Å². The van der Waals surface area contributed by atoms with E-state index in [9.17, 15) is 9.50 Å². The van der Waals surface area contributed by atoms with Crippen molar-refractivity contribution in [2.75, 3.05) is 6.61 Å². The number of halogens is 1. The van der Waals surface area contributed by atoms with Crippen LogP contribution in [0.25, 0.3) is 0 Å². The Labute approximate surface area is 100 Å².